The maximum Gasteiger partial charge on any atom is 0.307 e. The summed E-state index contributed by atoms with van der Waals surface area (Å²) in [5, 5.41) is 2.73. The van der Waals surface area contributed by atoms with Crippen molar-refractivity contribution < 1.29 is 23.5 Å². The molecule has 0 bridgehead atoms. The molecule has 142 valence electrons. The lowest BCUT2D eigenvalue weighted by molar-refractivity contribution is -0.144. The number of carbonyl (C=O) groups is 3. The summed E-state index contributed by atoms with van der Waals surface area (Å²) in [4.78, 5) is 35.3. The van der Waals surface area contributed by atoms with Crippen molar-refractivity contribution in [2.45, 2.75) is 25.9 Å². The Hall–Kier alpha value is -2.73. The molecule has 0 heterocycles. The van der Waals surface area contributed by atoms with Gasteiger partial charge in [-0.25, -0.2) is 4.39 Å². The molecule has 0 aromatic heterocycles. The molecule has 1 N–H and O–H groups in total. The molecule has 27 heavy (non-hydrogen) atoms. The Kier molecular flexibility index (Phi) is 7.95. The predicted molar refractivity (Wildman–Crippen MR) is 98.8 cm³/mol. The first-order valence-electron chi connectivity index (χ1n) is 8.41. The summed E-state index contributed by atoms with van der Waals surface area (Å²) in [6.07, 6.45) is 0.0597. The van der Waals surface area contributed by atoms with Crippen LogP contribution in [0, 0.1) is 5.82 Å². The molecule has 2 aromatic rings. The number of carbonyl (C=O) groups excluding carboxylic acids is 3. The van der Waals surface area contributed by atoms with Gasteiger partial charge < -0.3 is 10.1 Å². The van der Waals surface area contributed by atoms with Gasteiger partial charge in [-0.1, -0.05) is 48.0 Å². The first-order valence-corrected chi connectivity index (χ1v) is 8.78. The molecule has 0 aliphatic heterocycles. The van der Waals surface area contributed by atoms with Crippen LogP contribution in [-0.2, 0) is 20.9 Å². The number of hydrogen-bond donors (Lipinski definition) is 1. The molecule has 0 aliphatic rings. The summed E-state index contributed by atoms with van der Waals surface area (Å²) in [5.41, 5.74) is 0.664. The summed E-state index contributed by atoms with van der Waals surface area (Å²) in [7, 11) is 0. The topological polar surface area (TPSA) is 72.5 Å². The van der Waals surface area contributed by atoms with Crippen molar-refractivity contribution in [3.63, 3.8) is 0 Å². The largest absolute Gasteiger partial charge is 0.461 e. The molecule has 0 fully saturated rings. The van der Waals surface area contributed by atoms with E-state index < -0.39 is 11.8 Å². The van der Waals surface area contributed by atoms with Gasteiger partial charge in [-0.2, -0.15) is 0 Å². The highest BCUT2D eigenvalue weighted by Crippen LogP contribution is 2.19. The number of esters is 1. The molecule has 1 amide bonds. The third-order valence-corrected chi connectivity index (χ3v) is 4.12. The highest BCUT2D eigenvalue weighted by Gasteiger charge is 2.12. The van der Waals surface area contributed by atoms with E-state index in [1.165, 1.54) is 18.2 Å². The third-order valence-electron chi connectivity index (χ3n) is 3.77. The van der Waals surface area contributed by atoms with E-state index in [1.807, 2.05) is 6.07 Å². The number of Topliss-reactive ketones (excluding diaryl/α,β-unsaturated/α-hetero) is 1. The van der Waals surface area contributed by atoms with Crippen LogP contribution < -0.4 is 5.32 Å². The molecule has 5 nitrogen and oxygen atoms in total. The normalized spacial score (nSPS) is 10.3. The number of rotatable bonds is 9. The zero-order valence-electron chi connectivity index (χ0n) is 14.5. The van der Waals surface area contributed by atoms with Crippen LogP contribution in [0.2, 0.25) is 5.02 Å². The average Bonchev–Trinajstić information content (AvgIpc) is 2.66. The fourth-order valence-corrected chi connectivity index (χ4v) is 2.50. The van der Waals surface area contributed by atoms with Crippen LogP contribution in [0.15, 0.2) is 48.5 Å². The second kappa shape index (κ2) is 10.4. The van der Waals surface area contributed by atoms with Crippen LogP contribution in [-0.4, -0.2) is 24.2 Å². The summed E-state index contributed by atoms with van der Waals surface area (Å²) >= 11 is 5.85. The first kappa shape index (κ1) is 20.6. The van der Waals surface area contributed by atoms with Crippen molar-refractivity contribution in [3.8, 4) is 0 Å². The van der Waals surface area contributed by atoms with Gasteiger partial charge in [0.2, 0.25) is 5.91 Å². The highest BCUT2D eigenvalue weighted by atomic mass is 35.5. The van der Waals surface area contributed by atoms with Gasteiger partial charge in [0.05, 0.1) is 11.4 Å². The Morgan fingerprint density at radius 2 is 1.70 bits per heavy atom. The van der Waals surface area contributed by atoms with E-state index in [0.29, 0.717) is 5.56 Å². The van der Waals surface area contributed by atoms with Crippen molar-refractivity contribution >= 4 is 29.3 Å². The summed E-state index contributed by atoms with van der Waals surface area (Å²) < 4.78 is 18.5. The molecule has 0 unspecified atom stereocenters. The van der Waals surface area contributed by atoms with Gasteiger partial charge in [-0.3, -0.25) is 14.4 Å². The average molecular weight is 392 g/mol. The second-order valence-corrected chi connectivity index (χ2v) is 6.16. The Bertz CT molecular complexity index is 791. The number of ketones is 1. The van der Waals surface area contributed by atoms with E-state index in [1.54, 1.807) is 24.3 Å². The molecule has 0 saturated heterocycles. The molecule has 0 spiro atoms. The Labute approximate surface area is 161 Å². The van der Waals surface area contributed by atoms with Gasteiger partial charge in [-0.15, -0.1) is 0 Å². The van der Waals surface area contributed by atoms with E-state index in [2.05, 4.69) is 5.32 Å². The number of nitrogens with one attached hydrogen (secondary N) is 1. The molecule has 0 atom stereocenters. The molecule has 0 saturated carbocycles. The Morgan fingerprint density at radius 3 is 2.41 bits per heavy atom. The molecule has 0 radical (unpaired) electrons. The van der Waals surface area contributed by atoms with Gasteiger partial charge in [0.25, 0.3) is 0 Å². The third kappa shape index (κ3) is 6.83. The quantitative estimate of drug-likeness (QED) is 0.522. The molecule has 2 rings (SSSR count). The fraction of sp³-hybridized carbons (Fsp3) is 0.250. The standard InChI is InChI=1S/C20H19ClFNO4/c21-16-7-4-8-17(22)15(16)13-27-20(26)11-12-23-19(25)10-9-18(24)14-5-2-1-3-6-14/h1-8H,9-13H2,(H,23,25). The van der Waals surface area contributed by atoms with E-state index in [0.717, 1.165) is 0 Å². The minimum absolute atomic E-state index is 0.0353. The highest BCUT2D eigenvalue weighted by molar-refractivity contribution is 6.31. The van der Waals surface area contributed by atoms with Crippen LogP contribution in [0.4, 0.5) is 4.39 Å². The second-order valence-electron chi connectivity index (χ2n) is 5.75. The maximum absolute atomic E-state index is 13.6. The summed E-state index contributed by atoms with van der Waals surface area (Å²) in [6, 6.07) is 12.9. The number of hydrogen-bond acceptors (Lipinski definition) is 4. The smallest absolute Gasteiger partial charge is 0.307 e. The van der Waals surface area contributed by atoms with Gasteiger partial charge in [0.15, 0.2) is 5.78 Å². The lowest BCUT2D eigenvalue weighted by Gasteiger charge is -2.08. The molecule has 7 heteroatoms. The number of halogens is 2. The predicted octanol–water partition coefficient (Wildman–Crippen LogP) is 3.69. The number of amides is 1. The van der Waals surface area contributed by atoms with Crippen LogP contribution in [0.25, 0.3) is 0 Å². The minimum atomic E-state index is -0.588. The Balaban J connectivity index is 1.64. The van der Waals surface area contributed by atoms with Crippen molar-refractivity contribution in [3.05, 3.63) is 70.5 Å². The van der Waals surface area contributed by atoms with Crippen LogP contribution >= 0.6 is 11.6 Å². The van der Waals surface area contributed by atoms with Gasteiger partial charge >= 0.3 is 5.97 Å². The van der Waals surface area contributed by atoms with Crippen molar-refractivity contribution in [2.75, 3.05) is 6.54 Å². The SMILES string of the molecule is O=C(CCC(=O)c1ccccc1)NCCC(=O)OCc1c(F)cccc1Cl. The lowest BCUT2D eigenvalue weighted by atomic mass is 10.1. The fourth-order valence-electron chi connectivity index (χ4n) is 2.28. The zero-order valence-corrected chi connectivity index (χ0v) is 15.3. The minimum Gasteiger partial charge on any atom is -0.461 e. The van der Waals surface area contributed by atoms with Crippen LogP contribution in [0.5, 0.6) is 0 Å². The van der Waals surface area contributed by atoms with Crippen LogP contribution in [0.1, 0.15) is 35.2 Å². The van der Waals surface area contributed by atoms with Crippen molar-refractivity contribution in [2.24, 2.45) is 0 Å². The first-order chi connectivity index (χ1) is 13.0. The van der Waals surface area contributed by atoms with E-state index in [9.17, 15) is 18.8 Å². The Morgan fingerprint density at radius 1 is 0.963 bits per heavy atom. The molecular formula is C20H19ClFNO4. The van der Waals surface area contributed by atoms with Crippen molar-refractivity contribution in [1.82, 2.24) is 5.32 Å². The molecule has 0 aliphatic carbocycles. The molecule has 2 aromatic carbocycles. The van der Waals surface area contributed by atoms with E-state index >= 15 is 0 Å². The van der Waals surface area contributed by atoms with Gasteiger partial charge in [0, 0.05) is 30.5 Å². The monoisotopic (exact) mass is 391 g/mol. The van der Waals surface area contributed by atoms with E-state index in [-0.39, 0.29) is 54.7 Å². The van der Waals surface area contributed by atoms with E-state index in [4.69, 9.17) is 16.3 Å². The van der Waals surface area contributed by atoms with Crippen molar-refractivity contribution in [1.29, 1.82) is 0 Å². The maximum atomic E-state index is 13.6. The zero-order chi connectivity index (χ0) is 19.6. The van der Waals surface area contributed by atoms with Crippen LogP contribution in [0.3, 0.4) is 0 Å². The van der Waals surface area contributed by atoms with Gasteiger partial charge in [0.1, 0.15) is 12.4 Å². The number of ether oxygens (including phenoxy) is 1. The van der Waals surface area contributed by atoms with Gasteiger partial charge in [-0.05, 0) is 12.1 Å². The summed E-state index contributed by atoms with van der Waals surface area (Å²) in [6.45, 7) is -0.202. The number of benzene rings is 2. The summed E-state index contributed by atoms with van der Waals surface area (Å²) in [5.74, 6) is -1.59. The lowest BCUT2D eigenvalue weighted by Crippen LogP contribution is -2.26. The molecular weight excluding hydrogens is 373 g/mol.